The summed E-state index contributed by atoms with van der Waals surface area (Å²) >= 11 is 0. The van der Waals surface area contributed by atoms with E-state index in [9.17, 15) is 4.79 Å². The fourth-order valence-corrected chi connectivity index (χ4v) is 2.25. The molecule has 3 rings (SSSR count). The lowest BCUT2D eigenvalue weighted by molar-refractivity contribution is 0.0511. The van der Waals surface area contributed by atoms with E-state index < -0.39 is 0 Å². The average molecular weight is 316 g/mol. The van der Waals surface area contributed by atoms with Crippen LogP contribution in [-0.4, -0.2) is 27.8 Å². The van der Waals surface area contributed by atoms with E-state index in [-0.39, 0.29) is 19.0 Å². The van der Waals surface area contributed by atoms with Crippen molar-refractivity contribution in [3.05, 3.63) is 46.6 Å². The van der Waals surface area contributed by atoms with Gasteiger partial charge < -0.3 is 23.4 Å². The topological polar surface area (TPSA) is 67.1 Å². The van der Waals surface area contributed by atoms with Crippen LogP contribution < -0.4 is 14.9 Å². The van der Waals surface area contributed by atoms with E-state index in [0.717, 1.165) is 0 Å². The lowest BCUT2D eigenvalue weighted by Crippen LogP contribution is -2.04. The van der Waals surface area contributed by atoms with Crippen molar-refractivity contribution in [3.8, 4) is 11.5 Å². The molecule has 0 bridgehead atoms. The summed E-state index contributed by atoms with van der Waals surface area (Å²) < 4.78 is 26.3. The number of ether oxygens (including phenoxy) is 4. The fourth-order valence-electron chi connectivity index (χ4n) is 2.25. The summed E-state index contributed by atoms with van der Waals surface area (Å²) in [6.45, 7) is 0.247. The summed E-state index contributed by atoms with van der Waals surface area (Å²) in [5.41, 5.74) is 0.790. The zero-order valence-corrected chi connectivity index (χ0v) is 12.8. The lowest BCUT2D eigenvalue weighted by Gasteiger charge is -2.08. The quantitative estimate of drug-likeness (QED) is 0.514. The standard InChI is InChI=1S/C17H16O6/c1-19-9-21-11-3-5-13-15(7-11)23-16-8-12(22-10-20-2)4-6-14(16)17(13)18/h3-8H,9-10H2,1-2H3. The van der Waals surface area contributed by atoms with Crippen molar-refractivity contribution in [2.75, 3.05) is 27.8 Å². The third-order valence-electron chi connectivity index (χ3n) is 3.30. The first kappa shape index (κ1) is 15.3. The minimum atomic E-state index is -0.0992. The van der Waals surface area contributed by atoms with Crippen LogP contribution in [0.15, 0.2) is 45.6 Å². The molecule has 6 heteroatoms. The Balaban J connectivity index is 2.09. The summed E-state index contributed by atoms with van der Waals surface area (Å²) in [6.07, 6.45) is 0. The molecule has 2 aromatic carbocycles. The molecule has 0 aliphatic heterocycles. The van der Waals surface area contributed by atoms with E-state index >= 15 is 0 Å². The molecule has 0 radical (unpaired) electrons. The van der Waals surface area contributed by atoms with Crippen molar-refractivity contribution in [3.63, 3.8) is 0 Å². The maximum Gasteiger partial charge on any atom is 0.200 e. The normalized spacial score (nSPS) is 11.0. The van der Waals surface area contributed by atoms with Crippen LogP contribution in [0.2, 0.25) is 0 Å². The molecule has 0 aliphatic rings. The van der Waals surface area contributed by atoms with Gasteiger partial charge in [-0.25, -0.2) is 0 Å². The molecule has 120 valence electrons. The van der Waals surface area contributed by atoms with Crippen LogP contribution >= 0.6 is 0 Å². The molecule has 6 nitrogen and oxygen atoms in total. The van der Waals surface area contributed by atoms with E-state index in [2.05, 4.69) is 0 Å². The SMILES string of the molecule is COCOc1ccc2c(=O)c3ccc(OCOC)cc3oc2c1. The van der Waals surface area contributed by atoms with Crippen LogP contribution in [0.1, 0.15) is 0 Å². The van der Waals surface area contributed by atoms with E-state index in [4.69, 9.17) is 23.4 Å². The Morgan fingerprint density at radius 1 is 0.826 bits per heavy atom. The summed E-state index contributed by atoms with van der Waals surface area (Å²) in [4.78, 5) is 12.5. The molecule has 1 heterocycles. The molecule has 0 N–H and O–H groups in total. The molecule has 23 heavy (non-hydrogen) atoms. The molecule has 0 atom stereocenters. The lowest BCUT2D eigenvalue weighted by atomic mass is 10.1. The monoisotopic (exact) mass is 316 g/mol. The Morgan fingerprint density at radius 2 is 1.30 bits per heavy atom. The molecule has 0 aliphatic carbocycles. The van der Waals surface area contributed by atoms with Crippen LogP contribution in [0.5, 0.6) is 11.5 Å². The van der Waals surface area contributed by atoms with Crippen molar-refractivity contribution >= 4 is 21.9 Å². The zero-order chi connectivity index (χ0) is 16.2. The van der Waals surface area contributed by atoms with E-state index in [1.807, 2.05) is 0 Å². The third kappa shape index (κ3) is 3.13. The van der Waals surface area contributed by atoms with Gasteiger partial charge in [0.2, 0.25) is 5.43 Å². The second kappa shape index (κ2) is 6.68. The zero-order valence-electron chi connectivity index (χ0n) is 12.8. The van der Waals surface area contributed by atoms with Gasteiger partial charge in [-0.3, -0.25) is 4.79 Å². The number of benzene rings is 2. The van der Waals surface area contributed by atoms with Gasteiger partial charge in [0, 0.05) is 26.4 Å². The second-order valence-corrected chi connectivity index (χ2v) is 4.85. The van der Waals surface area contributed by atoms with Crippen molar-refractivity contribution < 1.29 is 23.4 Å². The molecular formula is C17H16O6. The first-order valence-electron chi connectivity index (χ1n) is 6.97. The molecule has 1 aromatic heterocycles. The molecule has 3 aromatic rings. The van der Waals surface area contributed by atoms with Gasteiger partial charge in [-0.2, -0.15) is 0 Å². The van der Waals surface area contributed by atoms with E-state index in [0.29, 0.717) is 33.4 Å². The highest BCUT2D eigenvalue weighted by Gasteiger charge is 2.10. The summed E-state index contributed by atoms with van der Waals surface area (Å²) in [7, 11) is 3.08. The number of hydrogen-bond donors (Lipinski definition) is 0. The highest BCUT2D eigenvalue weighted by Crippen LogP contribution is 2.25. The summed E-state index contributed by atoms with van der Waals surface area (Å²) in [5.74, 6) is 1.13. The van der Waals surface area contributed by atoms with Gasteiger partial charge in [0.15, 0.2) is 13.6 Å². The van der Waals surface area contributed by atoms with Gasteiger partial charge in [-0.1, -0.05) is 0 Å². The van der Waals surface area contributed by atoms with Crippen LogP contribution in [-0.2, 0) is 9.47 Å². The Bertz CT molecular complexity index is 814. The number of methoxy groups -OCH3 is 2. The molecule has 0 spiro atoms. The molecular weight excluding hydrogens is 300 g/mol. The van der Waals surface area contributed by atoms with Crippen LogP contribution in [0.3, 0.4) is 0 Å². The predicted molar refractivity (Wildman–Crippen MR) is 85.0 cm³/mol. The highest BCUT2D eigenvalue weighted by molar-refractivity contribution is 5.90. The number of hydrogen-bond acceptors (Lipinski definition) is 6. The van der Waals surface area contributed by atoms with Crippen molar-refractivity contribution in [1.29, 1.82) is 0 Å². The molecule has 0 saturated heterocycles. The van der Waals surface area contributed by atoms with Crippen molar-refractivity contribution in [2.24, 2.45) is 0 Å². The number of rotatable bonds is 6. The van der Waals surface area contributed by atoms with Crippen molar-refractivity contribution in [1.82, 2.24) is 0 Å². The first-order chi connectivity index (χ1) is 11.2. The van der Waals surface area contributed by atoms with Gasteiger partial charge in [0.1, 0.15) is 22.7 Å². The predicted octanol–water partition coefficient (Wildman–Crippen LogP) is 2.91. The van der Waals surface area contributed by atoms with Gasteiger partial charge in [-0.15, -0.1) is 0 Å². The Hall–Kier alpha value is -2.57. The minimum Gasteiger partial charge on any atom is -0.467 e. The van der Waals surface area contributed by atoms with Crippen molar-refractivity contribution in [2.45, 2.75) is 0 Å². The smallest absolute Gasteiger partial charge is 0.200 e. The highest BCUT2D eigenvalue weighted by atomic mass is 16.7. The maximum atomic E-state index is 12.5. The minimum absolute atomic E-state index is 0.0992. The second-order valence-electron chi connectivity index (χ2n) is 4.85. The van der Waals surface area contributed by atoms with Crippen LogP contribution in [0, 0.1) is 0 Å². The van der Waals surface area contributed by atoms with Gasteiger partial charge in [0.05, 0.1) is 10.8 Å². The average Bonchev–Trinajstić information content (AvgIpc) is 2.57. The van der Waals surface area contributed by atoms with E-state index in [1.165, 1.54) is 14.2 Å². The summed E-state index contributed by atoms with van der Waals surface area (Å²) in [6, 6.07) is 10.1. The summed E-state index contributed by atoms with van der Waals surface area (Å²) in [5, 5.41) is 0.987. The van der Waals surface area contributed by atoms with Gasteiger partial charge in [0.25, 0.3) is 0 Å². The van der Waals surface area contributed by atoms with Gasteiger partial charge in [-0.05, 0) is 24.3 Å². The first-order valence-corrected chi connectivity index (χ1v) is 6.97. The van der Waals surface area contributed by atoms with E-state index in [1.54, 1.807) is 36.4 Å². The van der Waals surface area contributed by atoms with Gasteiger partial charge >= 0.3 is 0 Å². The van der Waals surface area contributed by atoms with Crippen LogP contribution in [0.4, 0.5) is 0 Å². The molecule has 0 amide bonds. The molecule has 0 unspecified atom stereocenters. The Kier molecular flexibility index (Phi) is 4.45. The van der Waals surface area contributed by atoms with Crippen LogP contribution in [0.25, 0.3) is 21.9 Å². The number of fused-ring (bicyclic) bond motifs is 2. The Morgan fingerprint density at radius 3 is 1.74 bits per heavy atom. The molecule has 0 saturated carbocycles. The largest absolute Gasteiger partial charge is 0.467 e. The fraction of sp³-hybridized carbons (Fsp3) is 0.235. The molecule has 0 fully saturated rings. The maximum absolute atomic E-state index is 12.5. The Labute approximate surface area is 132 Å². The third-order valence-corrected chi connectivity index (χ3v) is 3.30.